The predicted octanol–water partition coefficient (Wildman–Crippen LogP) is 2.94. The monoisotopic (exact) mass is 263 g/mol. The summed E-state index contributed by atoms with van der Waals surface area (Å²) in [6, 6.07) is 8.52. The number of aromatic nitrogens is 1. The molecule has 0 fully saturated rings. The smallest absolute Gasteiger partial charge is 0.302 e. The summed E-state index contributed by atoms with van der Waals surface area (Å²) in [5.74, 6) is 0. The largest absolute Gasteiger partial charge is 0.307 e. The van der Waals surface area contributed by atoms with Gasteiger partial charge in [-0.2, -0.15) is 0 Å². The Hall–Kier alpha value is -1.00. The standard InChI is InChI=1S/C13H13NOS2/c1-9-8-16-13(15)14(9)7-11-6-10-4-2-3-5-12(10)17-11/h2-5,8,11H,6-7H2,1H3. The molecule has 1 aromatic carbocycles. The van der Waals surface area contributed by atoms with Crippen molar-refractivity contribution in [2.75, 3.05) is 0 Å². The van der Waals surface area contributed by atoms with E-state index in [1.807, 2.05) is 28.6 Å². The lowest BCUT2D eigenvalue weighted by molar-refractivity contribution is 0.639. The van der Waals surface area contributed by atoms with Crippen LogP contribution in [0.1, 0.15) is 11.3 Å². The average molecular weight is 263 g/mol. The van der Waals surface area contributed by atoms with E-state index in [2.05, 4.69) is 24.3 Å². The normalized spacial score (nSPS) is 18.3. The molecule has 0 N–H and O–H groups in total. The predicted molar refractivity (Wildman–Crippen MR) is 73.1 cm³/mol. The minimum Gasteiger partial charge on any atom is -0.302 e. The summed E-state index contributed by atoms with van der Waals surface area (Å²) in [4.78, 5) is 13.2. The van der Waals surface area contributed by atoms with Gasteiger partial charge in [0.2, 0.25) is 0 Å². The molecule has 0 amide bonds. The molecular formula is C13H13NOS2. The van der Waals surface area contributed by atoms with Gasteiger partial charge in [0.15, 0.2) is 0 Å². The SMILES string of the molecule is Cc1csc(=O)n1CC1Cc2ccccc2S1. The van der Waals surface area contributed by atoms with Crippen LogP contribution >= 0.6 is 23.1 Å². The maximum absolute atomic E-state index is 11.7. The molecule has 88 valence electrons. The fourth-order valence-electron chi connectivity index (χ4n) is 2.18. The highest BCUT2D eigenvalue weighted by atomic mass is 32.2. The van der Waals surface area contributed by atoms with E-state index in [-0.39, 0.29) is 4.87 Å². The van der Waals surface area contributed by atoms with Crippen LogP contribution in [0.25, 0.3) is 0 Å². The number of rotatable bonds is 2. The average Bonchev–Trinajstić information content (AvgIpc) is 2.87. The third-order valence-corrected chi connectivity index (χ3v) is 5.26. The molecule has 17 heavy (non-hydrogen) atoms. The minimum absolute atomic E-state index is 0.166. The number of benzene rings is 1. The van der Waals surface area contributed by atoms with Crippen LogP contribution in [0.3, 0.4) is 0 Å². The van der Waals surface area contributed by atoms with E-state index < -0.39 is 0 Å². The highest BCUT2D eigenvalue weighted by Gasteiger charge is 2.22. The summed E-state index contributed by atoms with van der Waals surface area (Å²) in [5.41, 5.74) is 2.50. The Morgan fingerprint density at radius 2 is 2.24 bits per heavy atom. The molecule has 1 aliphatic rings. The molecule has 1 aromatic heterocycles. The van der Waals surface area contributed by atoms with E-state index in [0.717, 1.165) is 18.7 Å². The molecule has 0 radical (unpaired) electrons. The topological polar surface area (TPSA) is 22.0 Å². The van der Waals surface area contributed by atoms with Gasteiger partial charge in [-0.1, -0.05) is 29.5 Å². The highest BCUT2D eigenvalue weighted by molar-refractivity contribution is 8.00. The lowest BCUT2D eigenvalue weighted by Gasteiger charge is -2.10. The van der Waals surface area contributed by atoms with Crippen LogP contribution in [-0.4, -0.2) is 9.82 Å². The molecule has 1 aliphatic heterocycles. The van der Waals surface area contributed by atoms with Gasteiger partial charge in [-0.15, -0.1) is 11.8 Å². The van der Waals surface area contributed by atoms with Crippen molar-refractivity contribution in [3.63, 3.8) is 0 Å². The first-order valence-corrected chi connectivity index (χ1v) is 7.39. The molecule has 2 nitrogen and oxygen atoms in total. The van der Waals surface area contributed by atoms with Crippen LogP contribution in [0.15, 0.2) is 39.3 Å². The van der Waals surface area contributed by atoms with Crippen LogP contribution in [-0.2, 0) is 13.0 Å². The van der Waals surface area contributed by atoms with Crippen molar-refractivity contribution in [2.45, 2.75) is 30.0 Å². The molecule has 1 unspecified atom stereocenters. The molecule has 0 saturated heterocycles. The Morgan fingerprint density at radius 1 is 1.41 bits per heavy atom. The summed E-state index contributed by atoms with van der Waals surface area (Å²) in [6.07, 6.45) is 1.07. The van der Waals surface area contributed by atoms with E-state index in [1.54, 1.807) is 0 Å². The van der Waals surface area contributed by atoms with Gasteiger partial charge in [0.05, 0.1) is 0 Å². The molecule has 2 heterocycles. The molecular weight excluding hydrogens is 250 g/mol. The first-order chi connectivity index (χ1) is 8.24. The summed E-state index contributed by atoms with van der Waals surface area (Å²) in [5, 5.41) is 2.44. The molecule has 2 aromatic rings. The Labute approximate surface area is 108 Å². The van der Waals surface area contributed by atoms with E-state index in [1.165, 1.54) is 21.8 Å². The fourth-order valence-corrected chi connectivity index (χ4v) is 4.23. The number of thioether (sulfide) groups is 1. The molecule has 3 rings (SSSR count). The number of nitrogens with zero attached hydrogens (tertiary/aromatic N) is 1. The van der Waals surface area contributed by atoms with Gasteiger partial charge in [0, 0.05) is 27.8 Å². The van der Waals surface area contributed by atoms with Crippen LogP contribution in [0.5, 0.6) is 0 Å². The van der Waals surface area contributed by atoms with Crippen molar-refractivity contribution in [3.05, 3.63) is 50.6 Å². The van der Waals surface area contributed by atoms with E-state index >= 15 is 0 Å². The van der Waals surface area contributed by atoms with Crippen LogP contribution < -0.4 is 4.87 Å². The molecule has 0 aliphatic carbocycles. The number of aryl methyl sites for hydroxylation is 1. The molecule has 0 spiro atoms. The summed E-state index contributed by atoms with van der Waals surface area (Å²) in [6.45, 7) is 2.83. The third-order valence-electron chi connectivity index (χ3n) is 3.08. The van der Waals surface area contributed by atoms with E-state index in [0.29, 0.717) is 5.25 Å². The number of fused-ring (bicyclic) bond motifs is 1. The Morgan fingerprint density at radius 3 is 2.94 bits per heavy atom. The van der Waals surface area contributed by atoms with Gasteiger partial charge in [-0.25, -0.2) is 0 Å². The first kappa shape index (κ1) is 11.1. The zero-order valence-electron chi connectivity index (χ0n) is 9.55. The Bertz CT molecular complexity index is 574. The molecule has 4 heteroatoms. The maximum atomic E-state index is 11.7. The Kier molecular flexibility index (Phi) is 2.84. The second-order valence-electron chi connectivity index (χ2n) is 4.31. The third kappa shape index (κ3) is 2.07. The molecule has 1 atom stereocenters. The van der Waals surface area contributed by atoms with Crippen molar-refractivity contribution >= 4 is 23.1 Å². The summed E-state index contributed by atoms with van der Waals surface area (Å²) < 4.78 is 1.90. The van der Waals surface area contributed by atoms with E-state index in [4.69, 9.17) is 0 Å². The molecule has 0 saturated carbocycles. The second kappa shape index (κ2) is 4.35. The highest BCUT2D eigenvalue weighted by Crippen LogP contribution is 2.37. The van der Waals surface area contributed by atoms with Crippen molar-refractivity contribution in [3.8, 4) is 0 Å². The lowest BCUT2D eigenvalue weighted by atomic mass is 10.1. The fraction of sp³-hybridized carbons (Fsp3) is 0.308. The summed E-state index contributed by atoms with van der Waals surface area (Å²) >= 11 is 3.19. The van der Waals surface area contributed by atoms with Crippen molar-refractivity contribution in [1.29, 1.82) is 0 Å². The van der Waals surface area contributed by atoms with Crippen LogP contribution in [0.2, 0.25) is 0 Å². The van der Waals surface area contributed by atoms with Gasteiger partial charge in [-0.05, 0) is 25.0 Å². The van der Waals surface area contributed by atoms with Gasteiger partial charge < -0.3 is 4.57 Å². The van der Waals surface area contributed by atoms with Gasteiger partial charge in [0.25, 0.3) is 0 Å². The number of thiazole rings is 1. The van der Waals surface area contributed by atoms with Crippen molar-refractivity contribution < 1.29 is 0 Å². The van der Waals surface area contributed by atoms with Crippen LogP contribution in [0.4, 0.5) is 0 Å². The number of hydrogen-bond donors (Lipinski definition) is 0. The van der Waals surface area contributed by atoms with Crippen molar-refractivity contribution in [1.82, 2.24) is 4.57 Å². The zero-order valence-corrected chi connectivity index (χ0v) is 11.2. The van der Waals surface area contributed by atoms with Gasteiger partial charge in [-0.3, -0.25) is 4.79 Å². The second-order valence-corrected chi connectivity index (χ2v) is 6.47. The zero-order chi connectivity index (χ0) is 11.8. The minimum atomic E-state index is 0.166. The van der Waals surface area contributed by atoms with Crippen LogP contribution in [0, 0.1) is 6.92 Å². The van der Waals surface area contributed by atoms with E-state index in [9.17, 15) is 4.79 Å². The molecule has 0 bridgehead atoms. The van der Waals surface area contributed by atoms with Crippen molar-refractivity contribution in [2.24, 2.45) is 0 Å². The maximum Gasteiger partial charge on any atom is 0.307 e. The Balaban J connectivity index is 1.80. The number of hydrogen-bond acceptors (Lipinski definition) is 3. The summed E-state index contributed by atoms with van der Waals surface area (Å²) in [7, 11) is 0. The lowest BCUT2D eigenvalue weighted by Crippen LogP contribution is -2.21. The van der Waals surface area contributed by atoms with Gasteiger partial charge >= 0.3 is 4.87 Å². The van der Waals surface area contributed by atoms with Gasteiger partial charge in [0.1, 0.15) is 0 Å². The first-order valence-electron chi connectivity index (χ1n) is 5.63. The quantitative estimate of drug-likeness (QED) is 0.831.